The number of nitrogens with one attached hydrogen (secondary N) is 7. The van der Waals surface area contributed by atoms with Gasteiger partial charge in [-0.2, -0.15) is 23.5 Å². The van der Waals surface area contributed by atoms with Crippen molar-refractivity contribution in [1.82, 2.24) is 51.7 Å². The maximum atomic E-state index is 15.5. The molecule has 0 spiro atoms. The van der Waals surface area contributed by atoms with Crippen LogP contribution in [0.2, 0.25) is 0 Å². The van der Waals surface area contributed by atoms with Gasteiger partial charge in [-0.15, -0.1) is 0 Å². The summed E-state index contributed by atoms with van der Waals surface area (Å²) in [6, 6.07) is 11.1. The maximum Gasteiger partial charge on any atom is 0.246 e. The number of unbranched alkanes of at least 4 members (excludes halogenated alkanes) is 1. The number of amides is 9. The molecule has 0 saturated carbocycles. The molecule has 2 bridgehead atoms. The number of ketones is 1. The Hall–Kier alpha value is -8.73. The molecule has 0 radical (unpaired) electrons. The Morgan fingerprint density at radius 2 is 1.51 bits per heavy atom. The first-order valence-electron chi connectivity index (χ1n) is 33.5. The predicted octanol–water partition coefficient (Wildman–Crippen LogP) is 4.11. The number of Topliss-reactive ketones (excluding diaryl/α,β-unsaturated/α-hetero) is 1. The molecule has 4 aliphatic rings. The highest BCUT2D eigenvalue weighted by molar-refractivity contribution is 7.98. The Bertz CT molecular complexity index is 3840. The molecule has 10 atom stereocenters. The fourth-order valence-corrected chi connectivity index (χ4v) is 15.0. The fraction of sp³-hybridized carbons (Fsp3) is 0.479. The summed E-state index contributed by atoms with van der Waals surface area (Å²) in [5.41, 5.74) is 14.8. The largest absolute Gasteiger partial charge is 0.497 e. The van der Waals surface area contributed by atoms with Crippen molar-refractivity contribution in [2.75, 3.05) is 38.2 Å². The summed E-state index contributed by atoms with van der Waals surface area (Å²) in [6.45, 7) is 4.65. The van der Waals surface area contributed by atoms with E-state index in [2.05, 4.69) is 36.9 Å². The minimum absolute atomic E-state index is 0.0167. The van der Waals surface area contributed by atoms with Gasteiger partial charge < -0.3 is 68.0 Å². The third kappa shape index (κ3) is 19.2. The molecule has 3 aromatic carbocycles. The van der Waals surface area contributed by atoms with Gasteiger partial charge in [0.1, 0.15) is 59.2 Å². The topological polar surface area (TPSA) is 360 Å². The third-order valence-electron chi connectivity index (χ3n) is 18.8. The molecular formula is C71H88F2N12O12S2. The van der Waals surface area contributed by atoms with E-state index in [0.29, 0.717) is 99.8 Å². The lowest BCUT2D eigenvalue weighted by Crippen LogP contribution is -2.64. The number of halogens is 2. The van der Waals surface area contributed by atoms with Crippen LogP contribution in [0.25, 0.3) is 16.5 Å². The summed E-state index contributed by atoms with van der Waals surface area (Å²) in [4.78, 5) is 156. The Labute approximate surface area is 581 Å². The van der Waals surface area contributed by atoms with Crippen molar-refractivity contribution in [2.45, 2.75) is 170 Å². The number of H-pyrrole nitrogens is 1. The van der Waals surface area contributed by atoms with Crippen LogP contribution in [0.4, 0.5) is 8.78 Å². The van der Waals surface area contributed by atoms with Gasteiger partial charge in [-0.3, -0.25) is 52.9 Å². The van der Waals surface area contributed by atoms with Crippen LogP contribution in [-0.4, -0.2) is 176 Å². The summed E-state index contributed by atoms with van der Waals surface area (Å²) in [5.74, 6) is -8.02. The van der Waals surface area contributed by atoms with Gasteiger partial charge in [0.05, 0.1) is 30.6 Å². The van der Waals surface area contributed by atoms with Crippen LogP contribution in [0.15, 0.2) is 91.1 Å². The number of hydrogen-bond acceptors (Lipinski definition) is 16. The molecule has 0 unspecified atom stereocenters. The van der Waals surface area contributed by atoms with Crippen LogP contribution in [0, 0.1) is 17.6 Å². The number of pyridine rings is 1. The van der Waals surface area contributed by atoms with Crippen molar-refractivity contribution in [1.29, 1.82) is 0 Å². The number of carbonyl (C=O) groups excluding carboxylic acids is 10. The van der Waals surface area contributed by atoms with E-state index in [9.17, 15) is 43.1 Å². The van der Waals surface area contributed by atoms with E-state index in [4.69, 9.17) is 21.2 Å². The van der Waals surface area contributed by atoms with Crippen LogP contribution in [0.1, 0.15) is 119 Å². The second kappa shape index (κ2) is 34.4. The number of ether oxygens (including phenoxy) is 1. The van der Waals surface area contributed by atoms with E-state index in [1.165, 1.54) is 84.6 Å². The summed E-state index contributed by atoms with van der Waals surface area (Å²) < 4.78 is 35.3. The quantitative estimate of drug-likeness (QED) is 0.0742. The molecule has 12 N–H and O–H groups in total. The summed E-state index contributed by atoms with van der Waals surface area (Å²) >= 11 is 2.73. The van der Waals surface area contributed by atoms with E-state index in [1.807, 2.05) is 18.2 Å². The molecule has 530 valence electrons. The Balaban J connectivity index is 1.04. The number of aliphatic hydroxyl groups excluding tert-OH is 1. The van der Waals surface area contributed by atoms with Crippen LogP contribution >= 0.6 is 23.5 Å². The summed E-state index contributed by atoms with van der Waals surface area (Å²) in [6.07, 6.45) is 3.18. The molecule has 5 aromatic rings. The first-order valence-corrected chi connectivity index (χ1v) is 35.8. The molecule has 2 aromatic heterocycles. The molecule has 1 aliphatic carbocycles. The van der Waals surface area contributed by atoms with Gasteiger partial charge in [-0.25, -0.2) is 8.78 Å². The van der Waals surface area contributed by atoms with Crippen molar-refractivity contribution < 1.29 is 66.6 Å². The van der Waals surface area contributed by atoms with E-state index in [0.717, 1.165) is 5.56 Å². The molecule has 2 saturated heterocycles. The van der Waals surface area contributed by atoms with Crippen molar-refractivity contribution in [3.05, 3.63) is 136 Å². The number of thioether (sulfide) groups is 2. The van der Waals surface area contributed by atoms with Gasteiger partial charge in [-0.05, 0) is 168 Å². The Morgan fingerprint density at radius 3 is 2.23 bits per heavy atom. The van der Waals surface area contributed by atoms with Crippen molar-refractivity contribution in [2.24, 2.45) is 17.4 Å². The molecule has 9 rings (SSSR count). The number of aliphatic hydroxyl groups is 1. The van der Waals surface area contributed by atoms with Crippen LogP contribution in [0.3, 0.4) is 0 Å². The average molecular weight is 1400 g/mol. The fourth-order valence-electron chi connectivity index (χ4n) is 13.1. The number of nitrogens with two attached hydrogens (primary N) is 2. The second-order valence-corrected chi connectivity index (χ2v) is 28.1. The standard InChI is InChI=1S/C71H88F2N12O12S2/c1-40-60(87)33-45(31-46-36-76-54-23-20-48(73)35-53(46)54)64(90)80-57(32-44-17-16-43-18-19-47(72)34-52(43)44)68(94)84-27-8-13-59(84)66(92)83-62(41(2)86)67(93)81-56(30-42-14-21-51(97-4)22-15-42)69(95)85-28-9-25-71(85,3)70(96)82-58(63(75)89)39-99-38-50-11-7-10-49(78-50)37-98-29-24-61(88)79-55(65(91)77-40)12-5-6-26-74/h7,10-11,14-15,17-23,34-36,40-41,45,55-59,62,76,86H,5-6,8-9,12-13,16,24-33,37-39,74H2,1-4H3,(H2,75,89)(H,77,91)(H,79,88)(H,80,90)(H,81,93)(H,82,96)(H,83,92)/t40-,41-,45-,55+,56+,57+,58+,59+,62+,71+/m1/s1. The SMILES string of the molecule is COc1ccc(C[C@@H]2NC(=O)[C@H]([C@@H](C)O)NC(=O)[C@@H]3CCCN3C(=O)[C@H](CC3=CCc4ccc(F)cc43)NC(=O)[C@H](Cc3c[nH]c4ccc(F)cc34)CC(=O)[C@@H](C)NC(=O)[C@H](CCCCN)NC(=O)CCSCc3cccc(n3)CSC[C@@H](C(N)=O)NC(=O)[C@]3(C)CCCN3C2=O)cc1. The highest BCUT2D eigenvalue weighted by atomic mass is 32.2. The second-order valence-electron chi connectivity index (χ2n) is 26.0. The van der Waals surface area contributed by atoms with E-state index in [1.54, 1.807) is 49.5 Å². The van der Waals surface area contributed by atoms with Gasteiger partial charge in [0.2, 0.25) is 53.2 Å². The number of rotatable bonds is 13. The number of carbonyl (C=O) groups is 10. The molecule has 5 heterocycles. The third-order valence-corrected chi connectivity index (χ3v) is 20.8. The highest BCUT2D eigenvalue weighted by Crippen LogP contribution is 2.35. The number of allylic oxidation sites excluding steroid dienone is 1. The average Bonchev–Trinajstić information content (AvgIpc) is 1.71. The molecular weight excluding hydrogens is 1310 g/mol. The van der Waals surface area contributed by atoms with Gasteiger partial charge in [-0.1, -0.05) is 30.3 Å². The molecule has 28 heteroatoms. The minimum Gasteiger partial charge on any atom is -0.497 e. The van der Waals surface area contributed by atoms with Gasteiger partial charge in [0.25, 0.3) is 0 Å². The lowest BCUT2D eigenvalue weighted by atomic mass is 9.90. The maximum absolute atomic E-state index is 15.5. The molecule has 24 nitrogen and oxygen atoms in total. The Kier molecular flexibility index (Phi) is 25.9. The van der Waals surface area contributed by atoms with Gasteiger partial charge in [0, 0.05) is 84.8 Å². The van der Waals surface area contributed by atoms with Crippen LogP contribution < -0.4 is 48.1 Å². The zero-order valence-corrected chi connectivity index (χ0v) is 57.6. The molecule has 2 fully saturated rings. The number of benzene rings is 3. The highest BCUT2D eigenvalue weighted by Gasteiger charge is 2.49. The van der Waals surface area contributed by atoms with Gasteiger partial charge in [0.15, 0.2) is 5.78 Å². The lowest BCUT2D eigenvalue weighted by molar-refractivity contribution is -0.147. The minimum atomic E-state index is -1.74. The number of fused-ring (bicyclic) bond motifs is 6. The number of hydrogen-bond donors (Lipinski definition) is 10. The molecule has 99 heavy (non-hydrogen) atoms. The molecule has 3 aliphatic heterocycles. The van der Waals surface area contributed by atoms with Crippen molar-refractivity contribution >= 4 is 98.9 Å². The van der Waals surface area contributed by atoms with Gasteiger partial charge >= 0.3 is 0 Å². The monoisotopic (exact) mass is 1400 g/mol. The number of methoxy groups -OCH3 is 1. The zero-order chi connectivity index (χ0) is 71.1. The Morgan fingerprint density at radius 1 is 0.788 bits per heavy atom. The van der Waals surface area contributed by atoms with Crippen LogP contribution in [0.5, 0.6) is 5.75 Å². The first kappa shape index (κ1) is 74.5. The number of nitrogens with zero attached hydrogens (tertiary/aromatic N) is 3. The normalized spacial score (nSPS) is 25.2. The van der Waals surface area contributed by atoms with E-state index >= 15 is 18.8 Å². The van der Waals surface area contributed by atoms with E-state index < -0.39 is 137 Å². The number of aromatic amines is 1. The van der Waals surface area contributed by atoms with Crippen molar-refractivity contribution in [3.63, 3.8) is 0 Å². The summed E-state index contributed by atoms with van der Waals surface area (Å²) in [5, 5.41) is 28.4. The van der Waals surface area contributed by atoms with E-state index in [-0.39, 0.29) is 70.2 Å². The molecule has 9 amide bonds. The number of primary amides is 1. The lowest BCUT2D eigenvalue weighted by Gasteiger charge is -2.37. The summed E-state index contributed by atoms with van der Waals surface area (Å²) in [7, 11) is 1.49. The van der Waals surface area contributed by atoms with Crippen LogP contribution in [-0.2, 0) is 78.7 Å². The zero-order valence-electron chi connectivity index (χ0n) is 56.0. The first-order chi connectivity index (χ1) is 47.4. The van der Waals surface area contributed by atoms with Crippen molar-refractivity contribution in [3.8, 4) is 5.75 Å². The smallest absolute Gasteiger partial charge is 0.246 e. The number of aromatic nitrogens is 2. The predicted molar refractivity (Wildman–Crippen MR) is 371 cm³/mol.